The summed E-state index contributed by atoms with van der Waals surface area (Å²) in [5.74, 6) is 0.278. The number of aromatic nitrogens is 2. The first kappa shape index (κ1) is 18.9. The second kappa shape index (κ2) is 7.20. The zero-order chi connectivity index (χ0) is 19.9. The summed E-state index contributed by atoms with van der Waals surface area (Å²) in [6, 6.07) is 5.66. The van der Waals surface area contributed by atoms with Gasteiger partial charge in [0.1, 0.15) is 6.07 Å². The number of nitrogens with one attached hydrogen (secondary N) is 2. The molecule has 2 aromatic heterocycles. The van der Waals surface area contributed by atoms with Crippen molar-refractivity contribution in [2.24, 2.45) is 0 Å². The predicted molar refractivity (Wildman–Crippen MR) is 110 cm³/mol. The summed E-state index contributed by atoms with van der Waals surface area (Å²) in [6.07, 6.45) is 5.16. The summed E-state index contributed by atoms with van der Waals surface area (Å²) in [7, 11) is -1.68. The molecule has 0 radical (unpaired) electrons. The van der Waals surface area contributed by atoms with Gasteiger partial charge in [0.25, 0.3) is 10.0 Å². The second-order valence-electron chi connectivity index (χ2n) is 7.22. The number of nitriles is 1. The molecule has 7 nitrogen and oxygen atoms in total. The van der Waals surface area contributed by atoms with Crippen molar-refractivity contribution in [1.82, 2.24) is 14.9 Å². The van der Waals surface area contributed by atoms with Crippen molar-refractivity contribution >= 4 is 38.0 Å². The third kappa shape index (κ3) is 3.39. The standard InChI is InChI=1S/C19H21N5O2S2/c1-12-5-6-15(18-17(12)14(8-20)9-21-18)23-28(25,26)16-10-22-19(27-16)13-4-3-7-24(2)11-13/h5-6,9-10,13,21,23H,3-4,7,11H2,1-2H3. The van der Waals surface area contributed by atoms with E-state index >= 15 is 0 Å². The van der Waals surface area contributed by atoms with Gasteiger partial charge in [-0.2, -0.15) is 5.26 Å². The van der Waals surface area contributed by atoms with Crippen LogP contribution in [-0.4, -0.2) is 43.4 Å². The van der Waals surface area contributed by atoms with Crippen LogP contribution >= 0.6 is 11.3 Å². The van der Waals surface area contributed by atoms with E-state index in [0.29, 0.717) is 16.8 Å². The molecule has 1 fully saturated rings. The Bertz CT molecular complexity index is 1170. The highest BCUT2D eigenvalue weighted by Crippen LogP contribution is 2.33. The van der Waals surface area contributed by atoms with Gasteiger partial charge in [-0.1, -0.05) is 6.07 Å². The Kier molecular flexibility index (Phi) is 4.87. The van der Waals surface area contributed by atoms with Gasteiger partial charge < -0.3 is 9.88 Å². The Balaban J connectivity index is 1.64. The first-order valence-corrected chi connectivity index (χ1v) is 11.4. The molecule has 1 saturated heterocycles. The van der Waals surface area contributed by atoms with Crippen molar-refractivity contribution in [2.75, 3.05) is 24.9 Å². The molecule has 1 aliphatic heterocycles. The number of H-pyrrole nitrogens is 1. The molecule has 1 unspecified atom stereocenters. The minimum Gasteiger partial charge on any atom is -0.358 e. The van der Waals surface area contributed by atoms with Crippen molar-refractivity contribution in [3.63, 3.8) is 0 Å². The number of thiazole rings is 1. The Morgan fingerprint density at radius 1 is 1.43 bits per heavy atom. The smallest absolute Gasteiger partial charge is 0.273 e. The van der Waals surface area contributed by atoms with Gasteiger partial charge in [-0.3, -0.25) is 4.72 Å². The molecule has 1 aromatic carbocycles. The zero-order valence-corrected chi connectivity index (χ0v) is 17.3. The van der Waals surface area contributed by atoms with E-state index in [-0.39, 0.29) is 10.1 Å². The Labute approximate surface area is 168 Å². The molecule has 0 spiro atoms. The minimum absolute atomic E-state index is 0.205. The number of aryl methyl sites for hydroxylation is 1. The minimum atomic E-state index is -3.76. The highest BCUT2D eigenvalue weighted by Gasteiger charge is 2.25. The fourth-order valence-corrected chi connectivity index (χ4v) is 6.09. The number of sulfonamides is 1. The third-order valence-electron chi connectivity index (χ3n) is 5.15. The summed E-state index contributed by atoms with van der Waals surface area (Å²) < 4.78 is 28.7. The molecule has 1 atom stereocenters. The molecule has 0 aliphatic carbocycles. The van der Waals surface area contributed by atoms with E-state index in [1.807, 2.05) is 13.0 Å². The first-order valence-electron chi connectivity index (χ1n) is 9.07. The normalized spacial score (nSPS) is 18.2. The maximum atomic E-state index is 12.9. The third-order valence-corrected chi connectivity index (χ3v) is 8.14. The number of benzene rings is 1. The Morgan fingerprint density at radius 2 is 2.25 bits per heavy atom. The molecule has 3 heterocycles. The predicted octanol–water partition coefficient (Wildman–Crippen LogP) is 3.41. The van der Waals surface area contributed by atoms with Crippen LogP contribution < -0.4 is 4.72 Å². The van der Waals surface area contributed by atoms with Crippen molar-refractivity contribution in [2.45, 2.75) is 29.9 Å². The van der Waals surface area contributed by atoms with Crippen LogP contribution in [0.2, 0.25) is 0 Å². The quantitative estimate of drug-likeness (QED) is 0.680. The van der Waals surface area contributed by atoms with E-state index in [1.165, 1.54) is 17.5 Å². The van der Waals surface area contributed by atoms with E-state index in [0.717, 1.165) is 41.9 Å². The topological polar surface area (TPSA) is 102 Å². The van der Waals surface area contributed by atoms with Crippen LogP contribution in [0.15, 0.2) is 28.7 Å². The summed E-state index contributed by atoms with van der Waals surface area (Å²) in [6.45, 7) is 3.86. The fraction of sp³-hybridized carbons (Fsp3) is 0.368. The number of fused-ring (bicyclic) bond motifs is 1. The lowest BCUT2D eigenvalue weighted by molar-refractivity contribution is 0.250. The van der Waals surface area contributed by atoms with E-state index in [1.54, 1.807) is 12.3 Å². The zero-order valence-electron chi connectivity index (χ0n) is 15.7. The molecule has 4 rings (SSSR count). The number of likely N-dealkylation sites (N-methyl/N-ethyl adjacent to an activating group) is 1. The van der Waals surface area contributed by atoms with E-state index in [4.69, 9.17) is 0 Å². The lowest BCUT2D eigenvalue weighted by Crippen LogP contribution is -2.30. The van der Waals surface area contributed by atoms with Crippen LogP contribution in [0, 0.1) is 18.3 Å². The molecule has 9 heteroatoms. The van der Waals surface area contributed by atoms with Crippen molar-refractivity contribution in [1.29, 1.82) is 5.26 Å². The number of anilines is 1. The van der Waals surface area contributed by atoms with Gasteiger partial charge in [-0.25, -0.2) is 13.4 Å². The van der Waals surface area contributed by atoms with Gasteiger partial charge >= 0.3 is 0 Å². The highest BCUT2D eigenvalue weighted by molar-refractivity contribution is 7.94. The Hall–Kier alpha value is -2.41. The average molecular weight is 416 g/mol. The van der Waals surface area contributed by atoms with Crippen molar-refractivity contribution < 1.29 is 8.42 Å². The van der Waals surface area contributed by atoms with E-state index < -0.39 is 10.0 Å². The molecule has 0 amide bonds. The molecule has 1 aliphatic rings. The summed E-state index contributed by atoms with van der Waals surface area (Å²) >= 11 is 1.24. The molecule has 28 heavy (non-hydrogen) atoms. The molecule has 3 aromatic rings. The van der Waals surface area contributed by atoms with Crippen LogP contribution in [-0.2, 0) is 10.0 Å². The van der Waals surface area contributed by atoms with Crippen LogP contribution in [0.1, 0.15) is 34.9 Å². The summed E-state index contributed by atoms with van der Waals surface area (Å²) in [5.41, 5.74) is 2.44. The lowest BCUT2D eigenvalue weighted by atomic mass is 9.99. The number of hydrogen-bond acceptors (Lipinski definition) is 6. The van der Waals surface area contributed by atoms with Crippen LogP contribution in [0.5, 0.6) is 0 Å². The lowest BCUT2D eigenvalue weighted by Gasteiger charge is -2.28. The number of nitrogens with zero attached hydrogens (tertiary/aromatic N) is 3. The van der Waals surface area contributed by atoms with Gasteiger partial charge in [-0.05, 0) is 45.0 Å². The number of piperidine rings is 1. The molecular formula is C19H21N5O2S2. The first-order chi connectivity index (χ1) is 13.4. The van der Waals surface area contributed by atoms with E-state index in [2.05, 4.69) is 32.7 Å². The average Bonchev–Trinajstić information content (AvgIpc) is 3.32. The molecule has 2 N–H and O–H groups in total. The summed E-state index contributed by atoms with van der Waals surface area (Å²) in [5, 5.41) is 10.9. The van der Waals surface area contributed by atoms with Gasteiger partial charge in [0.15, 0.2) is 4.21 Å². The molecule has 146 valence electrons. The SMILES string of the molecule is Cc1ccc(NS(=O)(=O)c2cnc(C3CCCN(C)C3)s2)c2[nH]cc(C#N)c12. The second-order valence-corrected chi connectivity index (χ2v) is 10.2. The van der Waals surface area contributed by atoms with Gasteiger partial charge in [0.2, 0.25) is 0 Å². The number of likely N-dealkylation sites (tertiary alicyclic amines) is 1. The number of hydrogen-bond donors (Lipinski definition) is 2. The maximum absolute atomic E-state index is 12.9. The summed E-state index contributed by atoms with van der Waals surface area (Å²) in [4.78, 5) is 9.67. The molecule has 0 saturated carbocycles. The fourth-order valence-electron chi connectivity index (χ4n) is 3.74. The molecule has 0 bridgehead atoms. The highest BCUT2D eigenvalue weighted by atomic mass is 32.2. The monoisotopic (exact) mass is 415 g/mol. The van der Waals surface area contributed by atoms with Gasteiger partial charge in [0.05, 0.1) is 28.0 Å². The molecular weight excluding hydrogens is 394 g/mol. The van der Waals surface area contributed by atoms with Gasteiger partial charge in [0, 0.05) is 24.0 Å². The number of aromatic amines is 1. The van der Waals surface area contributed by atoms with Crippen LogP contribution in [0.4, 0.5) is 5.69 Å². The number of rotatable bonds is 4. The van der Waals surface area contributed by atoms with Gasteiger partial charge in [-0.15, -0.1) is 11.3 Å². The van der Waals surface area contributed by atoms with Crippen molar-refractivity contribution in [3.05, 3.63) is 40.7 Å². The Morgan fingerprint density at radius 3 is 3.00 bits per heavy atom. The largest absolute Gasteiger partial charge is 0.358 e. The van der Waals surface area contributed by atoms with Crippen molar-refractivity contribution in [3.8, 4) is 6.07 Å². The van der Waals surface area contributed by atoms with Crippen LogP contribution in [0.25, 0.3) is 10.9 Å². The van der Waals surface area contributed by atoms with E-state index in [9.17, 15) is 13.7 Å². The maximum Gasteiger partial charge on any atom is 0.273 e. The van der Waals surface area contributed by atoms with Crippen LogP contribution in [0.3, 0.4) is 0 Å².